The van der Waals surface area contributed by atoms with Gasteiger partial charge in [0.1, 0.15) is 0 Å². The summed E-state index contributed by atoms with van der Waals surface area (Å²) < 4.78 is 1.72. The van der Waals surface area contributed by atoms with Gasteiger partial charge in [-0.05, 0) is 25.1 Å². The van der Waals surface area contributed by atoms with Crippen molar-refractivity contribution in [3.63, 3.8) is 0 Å². The molecule has 0 saturated heterocycles. The van der Waals surface area contributed by atoms with E-state index < -0.39 is 5.97 Å². The molecule has 23 heavy (non-hydrogen) atoms. The number of aromatic nitrogens is 1. The van der Waals surface area contributed by atoms with Gasteiger partial charge in [0.25, 0.3) is 0 Å². The van der Waals surface area contributed by atoms with E-state index in [1.54, 1.807) is 17.7 Å². The van der Waals surface area contributed by atoms with Crippen molar-refractivity contribution in [3.8, 4) is 22.9 Å². The van der Waals surface area contributed by atoms with Crippen molar-refractivity contribution in [2.24, 2.45) is 0 Å². The number of carboxylic acids is 1. The van der Waals surface area contributed by atoms with Crippen LogP contribution in [-0.4, -0.2) is 15.6 Å². The summed E-state index contributed by atoms with van der Waals surface area (Å²) >= 11 is 0. The van der Waals surface area contributed by atoms with Gasteiger partial charge in [-0.15, -0.1) is 0 Å². The summed E-state index contributed by atoms with van der Waals surface area (Å²) in [6.45, 7) is 1.68. The van der Waals surface area contributed by atoms with Crippen molar-refractivity contribution in [3.05, 3.63) is 75.7 Å². The molecule has 0 aromatic heterocycles. The summed E-state index contributed by atoms with van der Waals surface area (Å²) in [5.41, 5.74) is 1.81. The van der Waals surface area contributed by atoms with Gasteiger partial charge in [0.15, 0.2) is 5.43 Å². The number of para-hydroxylation sites is 1. The number of hydrogen-bond donors (Lipinski definition) is 1. The maximum absolute atomic E-state index is 11.8. The number of carbonyl (C=O) groups is 1. The maximum atomic E-state index is 11.8. The third kappa shape index (κ3) is 2.36. The van der Waals surface area contributed by atoms with E-state index in [2.05, 4.69) is 0 Å². The highest BCUT2D eigenvalue weighted by atomic mass is 16.4. The van der Waals surface area contributed by atoms with E-state index in [0.29, 0.717) is 11.3 Å². The quantitative estimate of drug-likeness (QED) is 0.789. The molecule has 2 aliphatic rings. The van der Waals surface area contributed by atoms with Crippen LogP contribution in [-0.2, 0) is 0 Å². The normalized spacial score (nSPS) is 10.4. The summed E-state index contributed by atoms with van der Waals surface area (Å²) in [6, 6.07) is 13.7. The van der Waals surface area contributed by atoms with Gasteiger partial charge in [-0.2, -0.15) is 5.26 Å². The predicted molar refractivity (Wildman–Crippen MR) is 85.1 cm³/mol. The molecule has 0 amide bonds. The van der Waals surface area contributed by atoms with Gasteiger partial charge < -0.3 is 9.67 Å². The van der Waals surface area contributed by atoms with Crippen LogP contribution < -0.4 is 5.43 Å². The second-order valence-electron chi connectivity index (χ2n) is 5.14. The van der Waals surface area contributed by atoms with Crippen LogP contribution in [0, 0.1) is 18.3 Å². The zero-order valence-corrected chi connectivity index (χ0v) is 12.3. The zero-order valence-electron chi connectivity index (χ0n) is 12.3. The minimum absolute atomic E-state index is 0.0283. The van der Waals surface area contributed by atoms with E-state index in [1.165, 1.54) is 12.1 Å². The molecule has 3 rings (SSSR count). The fourth-order valence-electron chi connectivity index (χ4n) is 2.73. The third-order valence-corrected chi connectivity index (χ3v) is 3.77. The first-order valence-electron chi connectivity index (χ1n) is 6.91. The van der Waals surface area contributed by atoms with Gasteiger partial charge in [-0.25, -0.2) is 4.79 Å². The third-order valence-electron chi connectivity index (χ3n) is 3.77. The second-order valence-corrected chi connectivity index (χ2v) is 5.14. The van der Waals surface area contributed by atoms with E-state index in [0.717, 1.165) is 5.69 Å². The summed E-state index contributed by atoms with van der Waals surface area (Å²) in [5, 5.41) is 18.9. The van der Waals surface area contributed by atoms with Crippen molar-refractivity contribution in [2.45, 2.75) is 6.92 Å². The first-order valence-corrected chi connectivity index (χ1v) is 6.91. The lowest BCUT2D eigenvalue weighted by Crippen LogP contribution is -2.15. The smallest absolute Gasteiger partial charge is 0.338 e. The van der Waals surface area contributed by atoms with Gasteiger partial charge in [-0.3, -0.25) is 4.79 Å². The van der Waals surface area contributed by atoms with Gasteiger partial charge in [0, 0.05) is 34.8 Å². The van der Waals surface area contributed by atoms with Gasteiger partial charge in [0.2, 0.25) is 0 Å². The number of carboxylic acid groups (broad SMARTS) is 1. The molecule has 5 nitrogen and oxygen atoms in total. The fraction of sp³-hybridized carbons (Fsp3) is 0.0556. The first-order chi connectivity index (χ1) is 11.0. The Morgan fingerprint density at radius 2 is 1.87 bits per heavy atom. The summed E-state index contributed by atoms with van der Waals surface area (Å²) in [7, 11) is 0. The Morgan fingerprint density at radius 1 is 1.17 bits per heavy atom. The van der Waals surface area contributed by atoms with E-state index in [-0.39, 0.29) is 22.1 Å². The molecule has 0 bridgehead atoms. The molecule has 1 aromatic rings. The molecule has 1 aromatic carbocycles. The van der Waals surface area contributed by atoms with Crippen LogP contribution in [0.15, 0.2) is 53.5 Å². The summed E-state index contributed by atoms with van der Waals surface area (Å²) in [4.78, 5) is 23.5. The Morgan fingerprint density at radius 3 is 2.48 bits per heavy atom. The van der Waals surface area contributed by atoms with Crippen LogP contribution in [0.2, 0.25) is 0 Å². The number of benzene rings is 2. The average Bonchev–Trinajstić information content (AvgIpc) is 2.53. The Hall–Kier alpha value is -3.39. The van der Waals surface area contributed by atoms with E-state index >= 15 is 0 Å². The van der Waals surface area contributed by atoms with Crippen LogP contribution in [0.3, 0.4) is 0 Å². The number of aromatic carboxylic acids is 1. The lowest BCUT2D eigenvalue weighted by molar-refractivity contribution is 0.0696. The number of pyridine rings is 1. The predicted octanol–water partition coefficient (Wildman–Crippen LogP) is 2.82. The van der Waals surface area contributed by atoms with Crippen LogP contribution in [0.1, 0.15) is 21.6 Å². The molecule has 1 heterocycles. The molecule has 0 spiro atoms. The molecule has 0 unspecified atom stereocenters. The number of hydrogen-bond acceptors (Lipinski definition) is 3. The van der Waals surface area contributed by atoms with Crippen molar-refractivity contribution in [1.82, 2.24) is 4.57 Å². The Balaban J connectivity index is 2.50. The molecule has 1 aliphatic carbocycles. The van der Waals surface area contributed by atoms with Gasteiger partial charge in [0.05, 0.1) is 17.2 Å². The summed E-state index contributed by atoms with van der Waals surface area (Å²) in [6.07, 6.45) is 1.70. The van der Waals surface area contributed by atoms with Crippen molar-refractivity contribution >= 4 is 5.97 Å². The van der Waals surface area contributed by atoms with Crippen LogP contribution in [0.4, 0.5) is 0 Å². The standard InChI is InChI=1S/C18H12N2O3/c1-11-17(18(22)23)15-8-14(21)7-12(9-19)16(15)10-20(11)13-5-3-2-4-6-13/h2-8,10H,1H3,(H,22,23). The minimum Gasteiger partial charge on any atom is -0.478 e. The first kappa shape index (κ1) is 14.5. The fourth-order valence-corrected chi connectivity index (χ4v) is 2.73. The molecule has 0 saturated carbocycles. The Labute approximate surface area is 132 Å². The van der Waals surface area contributed by atoms with Crippen molar-refractivity contribution in [1.29, 1.82) is 5.26 Å². The number of nitriles is 1. The topological polar surface area (TPSA) is 83.1 Å². The number of nitrogens with zero attached hydrogens (tertiary/aromatic N) is 2. The Bertz CT molecular complexity index is 982. The lowest BCUT2D eigenvalue weighted by atomic mass is 9.93. The SMILES string of the molecule is Cc1c(C(=O)O)c2cc(=O)cc(C#N)c-2cn1-c1ccccc1. The van der Waals surface area contributed by atoms with Crippen LogP contribution >= 0.6 is 0 Å². The van der Waals surface area contributed by atoms with E-state index in [1.807, 2.05) is 36.4 Å². The molecular formula is C18H12N2O3. The molecule has 0 radical (unpaired) electrons. The average molecular weight is 304 g/mol. The van der Waals surface area contributed by atoms with Gasteiger partial charge in [-0.1, -0.05) is 18.2 Å². The summed E-state index contributed by atoms with van der Waals surface area (Å²) in [5.74, 6) is -1.13. The highest BCUT2D eigenvalue weighted by Crippen LogP contribution is 2.31. The lowest BCUT2D eigenvalue weighted by Gasteiger charge is -2.19. The molecule has 1 N–H and O–H groups in total. The molecule has 5 heteroatoms. The highest BCUT2D eigenvalue weighted by molar-refractivity contribution is 5.98. The number of fused-ring (bicyclic) bond motifs is 1. The van der Waals surface area contributed by atoms with E-state index in [9.17, 15) is 20.0 Å². The molecule has 0 atom stereocenters. The highest BCUT2D eigenvalue weighted by Gasteiger charge is 2.22. The van der Waals surface area contributed by atoms with Gasteiger partial charge >= 0.3 is 5.97 Å². The van der Waals surface area contributed by atoms with Crippen LogP contribution in [0.25, 0.3) is 16.8 Å². The Kier molecular flexibility index (Phi) is 3.43. The molecular weight excluding hydrogens is 292 g/mol. The monoisotopic (exact) mass is 304 g/mol. The largest absolute Gasteiger partial charge is 0.478 e. The molecule has 112 valence electrons. The number of rotatable bonds is 2. The minimum atomic E-state index is -1.13. The molecule has 0 fully saturated rings. The van der Waals surface area contributed by atoms with Crippen molar-refractivity contribution < 1.29 is 9.90 Å². The van der Waals surface area contributed by atoms with Crippen molar-refractivity contribution in [2.75, 3.05) is 0 Å². The van der Waals surface area contributed by atoms with Crippen LogP contribution in [0.5, 0.6) is 0 Å². The maximum Gasteiger partial charge on any atom is 0.338 e. The second kappa shape index (κ2) is 5.43. The zero-order chi connectivity index (χ0) is 16.6. The molecule has 1 aliphatic heterocycles. The van der Waals surface area contributed by atoms with E-state index in [4.69, 9.17) is 0 Å².